The van der Waals surface area contributed by atoms with Crippen LogP contribution in [0.3, 0.4) is 0 Å². The average molecular weight is 355 g/mol. The Bertz CT molecular complexity index is 872. The minimum absolute atomic E-state index is 0. The Labute approximate surface area is 157 Å². The number of rotatable bonds is 5. The lowest BCUT2D eigenvalue weighted by molar-refractivity contribution is 0.802. The summed E-state index contributed by atoms with van der Waals surface area (Å²) in [7, 11) is 0. The Balaban J connectivity index is 0.00000225. The number of aromatic nitrogens is 2. The third kappa shape index (κ3) is 4.13. The second-order valence-corrected chi connectivity index (χ2v) is 6.74. The first-order chi connectivity index (χ1) is 11.6. The van der Waals surface area contributed by atoms with E-state index in [4.69, 9.17) is 4.98 Å². The van der Waals surface area contributed by atoms with E-state index in [-0.39, 0.29) is 12.4 Å². The third-order valence-electron chi connectivity index (χ3n) is 4.80. The van der Waals surface area contributed by atoms with Gasteiger partial charge in [0, 0.05) is 23.8 Å². The van der Waals surface area contributed by atoms with E-state index in [9.17, 15) is 0 Å². The van der Waals surface area contributed by atoms with Crippen molar-refractivity contribution < 1.29 is 0 Å². The molecule has 0 atom stereocenters. The van der Waals surface area contributed by atoms with Crippen LogP contribution in [0.2, 0.25) is 0 Å². The number of nitrogens with zero attached hydrogens (tertiary/aromatic N) is 2. The zero-order chi connectivity index (χ0) is 17.1. The van der Waals surface area contributed by atoms with E-state index in [1.165, 1.54) is 39.0 Å². The van der Waals surface area contributed by atoms with E-state index in [0.717, 1.165) is 19.4 Å². The van der Waals surface area contributed by atoms with Crippen molar-refractivity contribution in [3.05, 3.63) is 76.8 Å². The number of halogens is 1. The van der Waals surface area contributed by atoms with Crippen LogP contribution in [0, 0.1) is 13.8 Å². The number of allylic oxidation sites excluding steroid dienone is 2. The second kappa shape index (κ2) is 8.35. The summed E-state index contributed by atoms with van der Waals surface area (Å²) in [4.78, 5) is 4.72. The summed E-state index contributed by atoms with van der Waals surface area (Å²) in [6.45, 7) is 9.67. The molecule has 25 heavy (non-hydrogen) atoms. The van der Waals surface area contributed by atoms with Gasteiger partial charge in [-0.3, -0.25) is 4.98 Å². The van der Waals surface area contributed by atoms with Gasteiger partial charge in [0.25, 0.3) is 0 Å². The molecule has 132 valence electrons. The standard InChI is InChI=1S/C22H26N2.ClH/c1-16(2)13-15-24-18(4)17(3)20-12-14-23-21(22(20)24)11-10-19-8-6-5-7-9-19;/h5-9,12-14H,10-11,15H2,1-4H3;1H. The Morgan fingerprint density at radius 3 is 2.44 bits per heavy atom. The van der Waals surface area contributed by atoms with Crippen LogP contribution in [-0.4, -0.2) is 9.55 Å². The highest BCUT2D eigenvalue weighted by atomic mass is 35.5. The number of pyridine rings is 1. The Kier molecular flexibility index (Phi) is 6.44. The topological polar surface area (TPSA) is 17.8 Å². The molecule has 2 heterocycles. The summed E-state index contributed by atoms with van der Waals surface area (Å²) in [6, 6.07) is 12.8. The zero-order valence-electron chi connectivity index (χ0n) is 15.5. The number of hydrogen-bond acceptors (Lipinski definition) is 1. The van der Waals surface area contributed by atoms with Gasteiger partial charge in [0.15, 0.2) is 0 Å². The number of hydrogen-bond donors (Lipinski definition) is 0. The van der Waals surface area contributed by atoms with Gasteiger partial charge in [0.05, 0.1) is 11.2 Å². The average Bonchev–Trinajstić information content (AvgIpc) is 2.84. The summed E-state index contributed by atoms with van der Waals surface area (Å²) >= 11 is 0. The summed E-state index contributed by atoms with van der Waals surface area (Å²) in [5.74, 6) is 0. The van der Waals surface area contributed by atoms with Gasteiger partial charge < -0.3 is 4.57 Å². The van der Waals surface area contributed by atoms with Gasteiger partial charge in [-0.1, -0.05) is 42.0 Å². The van der Waals surface area contributed by atoms with Crippen LogP contribution < -0.4 is 0 Å². The van der Waals surface area contributed by atoms with E-state index < -0.39 is 0 Å². The van der Waals surface area contributed by atoms with Crippen LogP contribution in [0.4, 0.5) is 0 Å². The molecule has 0 saturated carbocycles. The number of fused-ring (bicyclic) bond motifs is 1. The van der Waals surface area contributed by atoms with Crippen LogP contribution >= 0.6 is 12.4 Å². The maximum Gasteiger partial charge on any atom is 0.0707 e. The van der Waals surface area contributed by atoms with E-state index >= 15 is 0 Å². The van der Waals surface area contributed by atoms with Crippen LogP contribution in [0.25, 0.3) is 10.9 Å². The van der Waals surface area contributed by atoms with Crippen molar-refractivity contribution in [1.29, 1.82) is 0 Å². The Hall–Kier alpha value is -2.06. The fourth-order valence-electron chi connectivity index (χ4n) is 3.26. The first-order valence-corrected chi connectivity index (χ1v) is 8.68. The van der Waals surface area contributed by atoms with Crippen molar-refractivity contribution >= 4 is 23.3 Å². The lowest BCUT2D eigenvalue weighted by Crippen LogP contribution is -2.03. The number of aryl methyl sites for hydroxylation is 3. The van der Waals surface area contributed by atoms with Crippen molar-refractivity contribution in [3.63, 3.8) is 0 Å². The van der Waals surface area contributed by atoms with Crippen LogP contribution in [0.5, 0.6) is 0 Å². The molecule has 2 nitrogen and oxygen atoms in total. The van der Waals surface area contributed by atoms with E-state index in [0.29, 0.717) is 0 Å². The molecule has 1 aromatic carbocycles. The fourth-order valence-corrected chi connectivity index (χ4v) is 3.26. The summed E-state index contributed by atoms with van der Waals surface area (Å²) in [5, 5.41) is 1.34. The first kappa shape index (κ1) is 19.3. The molecule has 0 fully saturated rings. The zero-order valence-corrected chi connectivity index (χ0v) is 16.4. The minimum Gasteiger partial charge on any atom is -0.339 e. The summed E-state index contributed by atoms with van der Waals surface area (Å²) in [5.41, 5.74) is 7.94. The molecule has 0 aliphatic carbocycles. The summed E-state index contributed by atoms with van der Waals surface area (Å²) in [6.07, 6.45) is 6.25. The maximum atomic E-state index is 4.72. The molecule has 0 saturated heterocycles. The van der Waals surface area contributed by atoms with Crippen molar-refractivity contribution in [2.24, 2.45) is 0 Å². The van der Waals surface area contributed by atoms with Crippen LogP contribution in [0.1, 0.15) is 36.4 Å². The van der Waals surface area contributed by atoms with E-state index in [1.807, 2.05) is 6.20 Å². The third-order valence-corrected chi connectivity index (χ3v) is 4.80. The van der Waals surface area contributed by atoms with Crippen LogP contribution in [-0.2, 0) is 19.4 Å². The van der Waals surface area contributed by atoms with Crippen molar-refractivity contribution in [2.75, 3.05) is 0 Å². The molecule has 0 unspecified atom stereocenters. The highest BCUT2D eigenvalue weighted by Gasteiger charge is 2.14. The highest BCUT2D eigenvalue weighted by molar-refractivity contribution is 5.87. The maximum absolute atomic E-state index is 4.72. The quantitative estimate of drug-likeness (QED) is 0.527. The molecule has 3 aromatic rings. The normalized spacial score (nSPS) is 10.6. The highest BCUT2D eigenvalue weighted by Crippen LogP contribution is 2.27. The smallest absolute Gasteiger partial charge is 0.0707 e. The molecule has 0 amide bonds. The molecule has 0 radical (unpaired) electrons. The Morgan fingerprint density at radius 1 is 1.04 bits per heavy atom. The lowest BCUT2D eigenvalue weighted by Gasteiger charge is -2.10. The molecule has 3 rings (SSSR count). The van der Waals surface area contributed by atoms with Crippen molar-refractivity contribution in [1.82, 2.24) is 9.55 Å². The monoisotopic (exact) mass is 354 g/mol. The van der Waals surface area contributed by atoms with Gasteiger partial charge in [-0.15, -0.1) is 12.4 Å². The van der Waals surface area contributed by atoms with Crippen molar-refractivity contribution in [3.8, 4) is 0 Å². The van der Waals surface area contributed by atoms with E-state index in [2.05, 4.69) is 74.7 Å². The number of benzene rings is 1. The molecule has 2 aromatic heterocycles. The van der Waals surface area contributed by atoms with Gasteiger partial charge in [-0.05, 0) is 57.7 Å². The molecule has 0 aliphatic heterocycles. The van der Waals surface area contributed by atoms with Gasteiger partial charge in [0.1, 0.15) is 0 Å². The molecule has 0 aliphatic rings. The van der Waals surface area contributed by atoms with Gasteiger partial charge in [-0.25, -0.2) is 0 Å². The molecular weight excluding hydrogens is 328 g/mol. The second-order valence-electron chi connectivity index (χ2n) is 6.74. The predicted molar refractivity (Wildman–Crippen MR) is 110 cm³/mol. The molecule has 0 N–H and O–H groups in total. The fraction of sp³-hybridized carbons (Fsp3) is 0.318. The van der Waals surface area contributed by atoms with Crippen LogP contribution in [0.15, 0.2) is 54.2 Å². The molecular formula is C22H27ClN2. The first-order valence-electron chi connectivity index (χ1n) is 8.68. The molecule has 0 bridgehead atoms. The summed E-state index contributed by atoms with van der Waals surface area (Å²) < 4.78 is 2.42. The predicted octanol–water partition coefficient (Wildman–Crippen LogP) is 5.83. The van der Waals surface area contributed by atoms with Gasteiger partial charge in [0.2, 0.25) is 0 Å². The van der Waals surface area contributed by atoms with Gasteiger partial charge >= 0.3 is 0 Å². The molecule has 0 spiro atoms. The SMILES string of the molecule is CC(C)=CCn1c(C)c(C)c2ccnc(CCc3ccccc3)c21.Cl. The van der Waals surface area contributed by atoms with Gasteiger partial charge in [-0.2, -0.15) is 0 Å². The largest absolute Gasteiger partial charge is 0.339 e. The van der Waals surface area contributed by atoms with Crippen molar-refractivity contribution in [2.45, 2.75) is 47.1 Å². The Morgan fingerprint density at radius 2 is 1.76 bits per heavy atom. The molecule has 3 heteroatoms. The lowest BCUT2D eigenvalue weighted by atomic mass is 10.1. The minimum atomic E-state index is 0. The van der Waals surface area contributed by atoms with E-state index in [1.54, 1.807) is 0 Å².